The zero-order valence-electron chi connectivity index (χ0n) is 18.8. The van der Waals surface area contributed by atoms with Crippen molar-refractivity contribution in [2.45, 2.75) is 64.1 Å². The molecule has 2 aromatic rings. The van der Waals surface area contributed by atoms with Crippen molar-refractivity contribution >= 4 is 17.7 Å². The quantitative estimate of drug-likeness (QED) is 0.680. The van der Waals surface area contributed by atoms with E-state index in [0.29, 0.717) is 30.2 Å². The van der Waals surface area contributed by atoms with Crippen LogP contribution in [0.25, 0.3) is 11.3 Å². The molecule has 1 saturated carbocycles. The first kappa shape index (κ1) is 22.1. The molecule has 9 heteroatoms. The van der Waals surface area contributed by atoms with Crippen LogP contribution in [-0.2, 0) is 4.74 Å². The molecule has 1 saturated heterocycles. The number of nitrogens with zero attached hydrogens (tertiary/aromatic N) is 3. The SMILES string of the molecule is CC(C)(C)OC(=O)N1CCC(N(C(=O)c2cc(-c3ccc(N[O-])cc3)n[nH]2)C2CC2)CC1. The maximum atomic E-state index is 13.4. The van der Waals surface area contributed by atoms with Crippen LogP contribution in [0.15, 0.2) is 30.3 Å². The third-order valence-electron chi connectivity index (χ3n) is 5.79. The number of carbonyl (C=O) groups is 2. The van der Waals surface area contributed by atoms with Crippen LogP contribution in [0.4, 0.5) is 10.5 Å². The number of amides is 2. The molecule has 32 heavy (non-hydrogen) atoms. The number of hydrogen-bond donors (Lipinski definition) is 2. The molecule has 0 bridgehead atoms. The first-order valence-electron chi connectivity index (χ1n) is 11.1. The first-order chi connectivity index (χ1) is 15.2. The largest absolute Gasteiger partial charge is 0.761 e. The predicted octanol–water partition coefficient (Wildman–Crippen LogP) is 3.99. The summed E-state index contributed by atoms with van der Waals surface area (Å²) in [5.41, 5.74) is 3.73. The summed E-state index contributed by atoms with van der Waals surface area (Å²) in [5.74, 6) is -0.0557. The summed E-state index contributed by atoms with van der Waals surface area (Å²) < 4.78 is 5.48. The summed E-state index contributed by atoms with van der Waals surface area (Å²) >= 11 is 0. The summed E-state index contributed by atoms with van der Waals surface area (Å²) in [7, 11) is 0. The van der Waals surface area contributed by atoms with E-state index in [0.717, 1.165) is 31.2 Å². The number of rotatable bonds is 5. The average Bonchev–Trinajstić information content (AvgIpc) is 3.47. The van der Waals surface area contributed by atoms with Gasteiger partial charge in [0, 0.05) is 36.4 Å². The van der Waals surface area contributed by atoms with E-state index >= 15 is 0 Å². The lowest BCUT2D eigenvalue weighted by Gasteiger charge is -2.39. The summed E-state index contributed by atoms with van der Waals surface area (Å²) in [4.78, 5) is 29.4. The van der Waals surface area contributed by atoms with Crippen molar-refractivity contribution in [1.29, 1.82) is 0 Å². The van der Waals surface area contributed by atoms with Crippen molar-refractivity contribution in [3.8, 4) is 11.3 Å². The molecule has 172 valence electrons. The highest BCUT2D eigenvalue weighted by atomic mass is 16.6. The fraction of sp³-hybridized carbons (Fsp3) is 0.522. The summed E-state index contributed by atoms with van der Waals surface area (Å²) in [6.07, 6.45) is 3.17. The smallest absolute Gasteiger partial charge is 0.410 e. The monoisotopic (exact) mass is 440 g/mol. The Bertz CT molecular complexity index is 954. The van der Waals surface area contributed by atoms with Crippen molar-refractivity contribution in [3.05, 3.63) is 41.2 Å². The van der Waals surface area contributed by atoms with Gasteiger partial charge in [-0.15, -0.1) is 0 Å². The highest BCUT2D eigenvalue weighted by Gasteiger charge is 2.40. The molecule has 2 heterocycles. The Morgan fingerprint density at radius 2 is 1.75 bits per heavy atom. The Hall–Kier alpha value is -3.07. The van der Waals surface area contributed by atoms with E-state index < -0.39 is 5.60 Å². The van der Waals surface area contributed by atoms with Gasteiger partial charge < -0.3 is 25.2 Å². The molecule has 0 unspecified atom stereocenters. The van der Waals surface area contributed by atoms with Gasteiger partial charge >= 0.3 is 6.09 Å². The zero-order valence-corrected chi connectivity index (χ0v) is 18.8. The van der Waals surface area contributed by atoms with Crippen LogP contribution < -0.4 is 5.48 Å². The standard InChI is InChI=1S/C23H30N5O4/c1-23(2,3)32-22(30)27-12-10-18(11-13-27)28(17-8-9-17)21(29)20-14-19(24-25-20)15-4-6-16(26-31)7-5-15/h4-7,14,17-18,26H,8-13H2,1-3H3,(H,24,25)/q-1. The van der Waals surface area contributed by atoms with E-state index in [4.69, 9.17) is 4.74 Å². The van der Waals surface area contributed by atoms with Crippen LogP contribution in [0.2, 0.25) is 0 Å². The van der Waals surface area contributed by atoms with E-state index in [-0.39, 0.29) is 24.1 Å². The molecule has 9 nitrogen and oxygen atoms in total. The minimum Gasteiger partial charge on any atom is -0.761 e. The number of hydrogen-bond acceptors (Lipinski definition) is 6. The van der Waals surface area contributed by atoms with Gasteiger partial charge in [0.1, 0.15) is 11.3 Å². The van der Waals surface area contributed by atoms with E-state index in [9.17, 15) is 14.8 Å². The maximum absolute atomic E-state index is 13.4. The van der Waals surface area contributed by atoms with Gasteiger partial charge in [0.05, 0.1) is 5.69 Å². The molecule has 2 N–H and O–H groups in total. The number of carbonyl (C=O) groups excluding carboxylic acids is 2. The molecule has 2 amide bonds. The highest BCUT2D eigenvalue weighted by molar-refractivity contribution is 5.94. The topological polar surface area (TPSA) is 114 Å². The molecule has 0 spiro atoms. The van der Waals surface area contributed by atoms with Crippen LogP contribution in [0, 0.1) is 5.21 Å². The lowest BCUT2D eigenvalue weighted by atomic mass is 10.0. The van der Waals surface area contributed by atoms with Gasteiger partial charge in [0.25, 0.3) is 5.91 Å². The molecule has 0 atom stereocenters. The van der Waals surface area contributed by atoms with Gasteiger partial charge in [-0.3, -0.25) is 9.89 Å². The second kappa shape index (κ2) is 8.82. The number of anilines is 1. The lowest BCUT2D eigenvalue weighted by molar-refractivity contribution is 0.0141. The van der Waals surface area contributed by atoms with Gasteiger partial charge in [-0.2, -0.15) is 5.10 Å². The molecule has 0 radical (unpaired) electrons. The summed E-state index contributed by atoms with van der Waals surface area (Å²) in [5, 5.41) is 17.9. The Morgan fingerprint density at radius 3 is 2.31 bits per heavy atom. The number of ether oxygens (including phenoxy) is 1. The predicted molar refractivity (Wildman–Crippen MR) is 121 cm³/mol. The molecule has 1 aliphatic carbocycles. The number of aromatic amines is 1. The maximum Gasteiger partial charge on any atom is 0.410 e. The number of piperidine rings is 1. The molecular formula is C23H30N5O4-. The number of H-pyrrole nitrogens is 1. The van der Waals surface area contributed by atoms with Crippen LogP contribution in [0.5, 0.6) is 0 Å². The molecule has 1 aromatic heterocycles. The number of aromatic nitrogens is 2. The van der Waals surface area contributed by atoms with E-state index in [2.05, 4.69) is 10.2 Å². The van der Waals surface area contributed by atoms with Gasteiger partial charge in [-0.25, -0.2) is 4.79 Å². The lowest BCUT2D eigenvalue weighted by Crippen LogP contribution is -2.50. The van der Waals surface area contributed by atoms with Crippen LogP contribution in [0.1, 0.15) is 56.9 Å². The average molecular weight is 441 g/mol. The van der Waals surface area contributed by atoms with Gasteiger partial charge in [0.2, 0.25) is 0 Å². The van der Waals surface area contributed by atoms with E-state index in [1.165, 1.54) is 0 Å². The number of nitrogens with one attached hydrogen (secondary N) is 2. The molecule has 4 rings (SSSR count). The Morgan fingerprint density at radius 1 is 1.12 bits per heavy atom. The zero-order chi connectivity index (χ0) is 22.9. The van der Waals surface area contributed by atoms with Crippen molar-refractivity contribution in [1.82, 2.24) is 20.0 Å². The minimum absolute atomic E-state index is 0.0557. The van der Waals surface area contributed by atoms with Crippen molar-refractivity contribution in [2.24, 2.45) is 0 Å². The normalized spacial score (nSPS) is 17.2. The Labute approximate surface area is 187 Å². The van der Waals surface area contributed by atoms with Gasteiger partial charge in [0.15, 0.2) is 0 Å². The third kappa shape index (κ3) is 5.04. The fourth-order valence-corrected chi connectivity index (χ4v) is 4.06. The minimum atomic E-state index is -0.520. The van der Waals surface area contributed by atoms with Crippen LogP contribution in [-0.4, -0.2) is 62.8 Å². The van der Waals surface area contributed by atoms with Crippen molar-refractivity contribution < 1.29 is 14.3 Å². The Balaban J connectivity index is 1.42. The van der Waals surface area contributed by atoms with Crippen molar-refractivity contribution in [2.75, 3.05) is 18.6 Å². The first-order valence-corrected chi connectivity index (χ1v) is 11.1. The van der Waals surface area contributed by atoms with Crippen molar-refractivity contribution in [3.63, 3.8) is 0 Å². The fourth-order valence-electron chi connectivity index (χ4n) is 4.06. The number of benzene rings is 1. The summed E-state index contributed by atoms with van der Waals surface area (Å²) in [6.45, 7) is 6.73. The second-order valence-electron chi connectivity index (χ2n) is 9.49. The molecule has 2 fully saturated rings. The van der Waals surface area contributed by atoms with Gasteiger partial charge in [-0.05, 0) is 64.7 Å². The van der Waals surface area contributed by atoms with E-state index in [1.54, 1.807) is 35.2 Å². The second-order valence-corrected chi connectivity index (χ2v) is 9.49. The number of likely N-dealkylation sites (tertiary alicyclic amines) is 1. The Kier molecular flexibility index (Phi) is 6.10. The molecule has 2 aliphatic rings. The molecular weight excluding hydrogens is 410 g/mol. The molecule has 1 aromatic carbocycles. The van der Waals surface area contributed by atoms with Crippen LogP contribution in [0.3, 0.4) is 0 Å². The third-order valence-corrected chi connectivity index (χ3v) is 5.79. The van der Waals surface area contributed by atoms with Crippen LogP contribution >= 0.6 is 0 Å². The van der Waals surface area contributed by atoms with Gasteiger partial charge in [-0.1, -0.05) is 12.1 Å². The van der Waals surface area contributed by atoms with E-state index in [1.807, 2.05) is 31.2 Å². The highest BCUT2D eigenvalue weighted by Crippen LogP contribution is 2.33. The molecule has 1 aliphatic heterocycles. The summed E-state index contributed by atoms with van der Waals surface area (Å²) in [6, 6.07) is 9.01.